The minimum absolute atomic E-state index is 0.0177. The van der Waals surface area contributed by atoms with Gasteiger partial charge in [-0.25, -0.2) is 4.79 Å². The van der Waals surface area contributed by atoms with E-state index in [4.69, 9.17) is 4.74 Å². The van der Waals surface area contributed by atoms with Crippen molar-refractivity contribution in [2.45, 2.75) is 44.6 Å². The smallest absolute Gasteiger partial charge is 0.319 e. The SMILES string of the molecule is COc1ccccc1CCNC(=O)Nc1ccc2c(c1)C(=O)N(C1CCCCC1)C2=O. The summed E-state index contributed by atoms with van der Waals surface area (Å²) in [5.74, 6) is 0.306. The van der Waals surface area contributed by atoms with Gasteiger partial charge in [-0.15, -0.1) is 0 Å². The Labute approximate surface area is 181 Å². The number of anilines is 1. The Hall–Kier alpha value is -3.35. The summed E-state index contributed by atoms with van der Waals surface area (Å²) in [5.41, 5.74) is 2.27. The van der Waals surface area contributed by atoms with Gasteiger partial charge in [0.05, 0.1) is 18.2 Å². The first-order chi connectivity index (χ1) is 15.1. The van der Waals surface area contributed by atoms with Crippen molar-refractivity contribution in [2.75, 3.05) is 19.0 Å². The number of imide groups is 1. The van der Waals surface area contributed by atoms with Crippen molar-refractivity contribution in [2.24, 2.45) is 0 Å². The van der Waals surface area contributed by atoms with Crippen LogP contribution in [-0.4, -0.2) is 42.4 Å². The van der Waals surface area contributed by atoms with Crippen molar-refractivity contribution in [3.63, 3.8) is 0 Å². The number of hydrogen-bond donors (Lipinski definition) is 2. The third-order valence-electron chi connectivity index (χ3n) is 5.99. The highest BCUT2D eigenvalue weighted by atomic mass is 16.5. The van der Waals surface area contributed by atoms with E-state index < -0.39 is 0 Å². The lowest BCUT2D eigenvalue weighted by Gasteiger charge is -2.29. The molecular weight excluding hydrogens is 394 g/mol. The van der Waals surface area contributed by atoms with Gasteiger partial charge in [0, 0.05) is 18.3 Å². The van der Waals surface area contributed by atoms with Crippen molar-refractivity contribution in [3.05, 3.63) is 59.2 Å². The molecule has 1 heterocycles. The number of para-hydroxylation sites is 1. The molecule has 0 saturated heterocycles. The molecule has 0 aromatic heterocycles. The Morgan fingerprint density at radius 1 is 1.03 bits per heavy atom. The number of urea groups is 1. The number of nitrogens with one attached hydrogen (secondary N) is 2. The fraction of sp³-hybridized carbons (Fsp3) is 0.375. The third kappa shape index (κ3) is 4.40. The molecule has 0 radical (unpaired) electrons. The van der Waals surface area contributed by atoms with Gasteiger partial charge < -0.3 is 15.4 Å². The van der Waals surface area contributed by atoms with Crippen LogP contribution in [0.5, 0.6) is 5.75 Å². The summed E-state index contributed by atoms with van der Waals surface area (Å²) in [6, 6.07) is 12.2. The van der Waals surface area contributed by atoms with Crippen LogP contribution >= 0.6 is 0 Å². The Morgan fingerprint density at radius 2 is 1.77 bits per heavy atom. The van der Waals surface area contributed by atoms with E-state index >= 15 is 0 Å². The lowest BCUT2D eigenvalue weighted by Crippen LogP contribution is -2.40. The molecule has 2 aromatic carbocycles. The maximum atomic E-state index is 12.9. The largest absolute Gasteiger partial charge is 0.496 e. The molecule has 1 fully saturated rings. The maximum absolute atomic E-state index is 12.9. The summed E-state index contributed by atoms with van der Waals surface area (Å²) in [5, 5.41) is 5.56. The normalized spacial score (nSPS) is 16.2. The lowest BCUT2D eigenvalue weighted by atomic mass is 9.94. The predicted molar refractivity (Wildman–Crippen MR) is 118 cm³/mol. The summed E-state index contributed by atoms with van der Waals surface area (Å²) in [7, 11) is 1.62. The van der Waals surface area contributed by atoms with Gasteiger partial charge in [-0.1, -0.05) is 37.5 Å². The van der Waals surface area contributed by atoms with Crippen LogP contribution in [-0.2, 0) is 6.42 Å². The predicted octanol–water partition coefficient (Wildman–Crippen LogP) is 3.99. The van der Waals surface area contributed by atoms with Crippen LogP contribution in [0.3, 0.4) is 0 Å². The van der Waals surface area contributed by atoms with Gasteiger partial charge in [0.15, 0.2) is 0 Å². The summed E-state index contributed by atoms with van der Waals surface area (Å²) >= 11 is 0. The lowest BCUT2D eigenvalue weighted by molar-refractivity contribution is 0.0549. The molecule has 31 heavy (non-hydrogen) atoms. The van der Waals surface area contributed by atoms with E-state index in [0.717, 1.165) is 43.4 Å². The minimum Gasteiger partial charge on any atom is -0.496 e. The third-order valence-corrected chi connectivity index (χ3v) is 5.99. The highest BCUT2D eigenvalue weighted by molar-refractivity contribution is 6.22. The molecule has 2 aliphatic rings. The second kappa shape index (κ2) is 9.20. The van der Waals surface area contributed by atoms with Crippen LogP contribution in [0.2, 0.25) is 0 Å². The number of rotatable bonds is 6. The topological polar surface area (TPSA) is 87.7 Å². The summed E-state index contributed by atoms with van der Waals surface area (Å²) in [6.45, 7) is 0.435. The summed E-state index contributed by atoms with van der Waals surface area (Å²) in [6.07, 6.45) is 5.60. The van der Waals surface area contributed by atoms with Gasteiger partial charge >= 0.3 is 6.03 Å². The van der Waals surface area contributed by atoms with Gasteiger partial charge in [-0.05, 0) is 49.1 Å². The highest BCUT2D eigenvalue weighted by Gasteiger charge is 2.40. The average molecular weight is 421 g/mol. The highest BCUT2D eigenvalue weighted by Crippen LogP contribution is 2.32. The molecule has 1 aliphatic heterocycles. The number of hydrogen-bond acceptors (Lipinski definition) is 4. The number of amides is 4. The molecule has 7 heteroatoms. The first kappa shape index (κ1) is 20.9. The molecule has 7 nitrogen and oxygen atoms in total. The van der Waals surface area contributed by atoms with Gasteiger partial charge in [-0.2, -0.15) is 0 Å². The number of fused-ring (bicyclic) bond motifs is 1. The van der Waals surface area contributed by atoms with E-state index in [0.29, 0.717) is 29.8 Å². The minimum atomic E-state index is -0.365. The number of methoxy groups -OCH3 is 1. The van der Waals surface area contributed by atoms with E-state index in [1.165, 1.54) is 4.90 Å². The molecule has 0 bridgehead atoms. The number of carbonyl (C=O) groups is 3. The number of benzene rings is 2. The Morgan fingerprint density at radius 3 is 2.55 bits per heavy atom. The van der Waals surface area contributed by atoms with Gasteiger partial charge in [0.2, 0.25) is 0 Å². The van der Waals surface area contributed by atoms with Crippen molar-refractivity contribution < 1.29 is 19.1 Å². The zero-order valence-electron chi connectivity index (χ0n) is 17.6. The fourth-order valence-corrected chi connectivity index (χ4v) is 4.40. The van der Waals surface area contributed by atoms with Crippen LogP contribution in [0, 0.1) is 0 Å². The standard InChI is InChI=1S/C24H27N3O4/c1-31-21-10-6-5-7-16(21)13-14-25-24(30)26-17-11-12-19-20(15-17)23(29)27(22(19)28)18-8-3-2-4-9-18/h5-7,10-12,15,18H,2-4,8-9,13-14H2,1H3,(H2,25,26,30). The maximum Gasteiger partial charge on any atom is 0.319 e. The van der Waals surface area contributed by atoms with E-state index in [2.05, 4.69) is 10.6 Å². The molecule has 4 amide bonds. The van der Waals surface area contributed by atoms with Crippen LogP contribution in [0.1, 0.15) is 58.4 Å². The van der Waals surface area contributed by atoms with Crippen LogP contribution in [0.25, 0.3) is 0 Å². The first-order valence-electron chi connectivity index (χ1n) is 10.8. The Bertz CT molecular complexity index is 998. The zero-order chi connectivity index (χ0) is 21.8. The summed E-state index contributed by atoms with van der Waals surface area (Å²) < 4.78 is 5.32. The van der Waals surface area contributed by atoms with Gasteiger partial charge in [0.1, 0.15) is 5.75 Å². The van der Waals surface area contributed by atoms with Gasteiger partial charge in [0.25, 0.3) is 11.8 Å². The molecule has 1 saturated carbocycles. The fourth-order valence-electron chi connectivity index (χ4n) is 4.40. The van der Waals surface area contributed by atoms with E-state index in [9.17, 15) is 14.4 Å². The molecule has 0 spiro atoms. The molecule has 2 N–H and O–H groups in total. The quantitative estimate of drug-likeness (QED) is 0.691. The van der Waals surface area contributed by atoms with E-state index in [1.54, 1.807) is 25.3 Å². The second-order valence-electron chi connectivity index (χ2n) is 7.98. The number of nitrogens with zero attached hydrogens (tertiary/aromatic N) is 1. The van der Waals surface area contributed by atoms with Crippen molar-refractivity contribution in [1.82, 2.24) is 10.2 Å². The van der Waals surface area contributed by atoms with Crippen molar-refractivity contribution >= 4 is 23.5 Å². The first-order valence-corrected chi connectivity index (χ1v) is 10.8. The summed E-state index contributed by atoms with van der Waals surface area (Å²) in [4.78, 5) is 39.4. The molecule has 2 aromatic rings. The molecular formula is C24H27N3O4. The second-order valence-corrected chi connectivity index (χ2v) is 7.98. The van der Waals surface area contributed by atoms with Gasteiger partial charge in [-0.3, -0.25) is 14.5 Å². The van der Waals surface area contributed by atoms with E-state index in [-0.39, 0.29) is 23.9 Å². The average Bonchev–Trinajstić information content (AvgIpc) is 3.04. The van der Waals surface area contributed by atoms with Crippen molar-refractivity contribution in [1.29, 1.82) is 0 Å². The van der Waals surface area contributed by atoms with Crippen LogP contribution < -0.4 is 15.4 Å². The zero-order valence-corrected chi connectivity index (χ0v) is 17.6. The van der Waals surface area contributed by atoms with E-state index in [1.807, 2.05) is 24.3 Å². The van der Waals surface area contributed by atoms with Crippen LogP contribution in [0.15, 0.2) is 42.5 Å². The number of carbonyl (C=O) groups excluding carboxylic acids is 3. The molecule has 4 rings (SSSR count). The van der Waals surface area contributed by atoms with Crippen molar-refractivity contribution in [3.8, 4) is 5.75 Å². The molecule has 1 aliphatic carbocycles. The number of ether oxygens (including phenoxy) is 1. The molecule has 0 unspecified atom stereocenters. The molecule has 162 valence electrons. The Balaban J connectivity index is 1.36. The van der Waals surface area contributed by atoms with Crippen LogP contribution in [0.4, 0.5) is 10.5 Å². The monoisotopic (exact) mass is 421 g/mol. The Kier molecular flexibility index (Phi) is 6.21. The molecule has 0 atom stereocenters.